The first-order valence-corrected chi connectivity index (χ1v) is 11.6. The molecule has 0 bridgehead atoms. The van der Waals surface area contributed by atoms with Gasteiger partial charge in [-0.25, -0.2) is 0 Å². The Morgan fingerprint density at radius 2 is 1.55 bits per heavy atom. The fraction of sp³-hybridized carbons (Fsp3) is 0.292. The van der Waals surface area contributed by atoms with Crippen molar-refractivity contribution in [3.8, 4) is 11.5 Å². The molecule has 0 saturated heterocycles. The molecule has 8 nitrogen and oxygen atoms in total. The molecule has 2 amide bonds. The first kappa shape index (κ1) is 22.7. The summed E-state index contributed by atoms with van der Waals surface area (Å²) in [4.78, 5) is 37.2. The van der Waals surface area contributed by atoms with Gasteiger partial charge in [0.05, 0.1) is 17.6 Å². The zero-order valence-electron chi connectivity index (χ0n) is 17.8. The van der Waals surface area contributed by atoms with E-state index in [0.29, 0.717) is 48.9 Å². The third kappa shape index (κ3) is 5.87. The molecule has 2 unspecified atom stereocenters. The van der Waals surface area contributed by atoms with Crippen LogP contribution in [0.15, 0.2) is 59.5 Å². The smallest absolute Gasteiger partial charge is 0.307 e. The zero-order chi connectivity index (χ0) is 23.2. The Kier molecular flexibility index (Phi) is 7.19. The van der Waals surface area contributed by atoms with Crippen LogP contribution < -0.4 is 20.1 Å². The molecule has 1 aliphatic heterocycles. The molecule has 1 aliphatic carbocycles. The third-order valence-electron chi connectivity index (χ3n) is 5.40. The lowest BCUT2D eigenvalue weighted by molar-refractivity contribution is -0.146. The molecule has 2 aromatic carbocycles. The van der Waals surface area contributed by atoms with Crippen molar-refractivity contribution in [1.29, 1.82) is 0 Å². The molecule has 9 heteroatoms. The van der Waals surface area contributed by atoms with Crippen LogP contribution in [0.3, 0.4) is 0 Å². The average molecular weight is 469 g/mol. The van der Waals surface area contributed by atoms with Crippen LogP contribution in [-0.4, -0.2) is 41.9 Å². The van der Waals surface area contributed by atoms with Crippen molar-refractivity contribution in [2.45, 2.75) is 17.7 Å². The number of anilines is 2. The minimum atomic E-state index is -0.958. The van der Waals surface area contributed by atoms with E-state index in [2.05, 4.69) is 10.6 Å². The van der Waals surface area contributed by atoms with Crippen molar-refractivity contribution in [3.63, 3.8) is 0 Å². The molecular formula is C24H24N2O6S. The number of carboxylic acids is 1. The van der Waals surface area contributed by atoms with Gasteiger partial charge in [0.1, 0.15) is 13.2 Å². The third-order valence-corrected chi connectivity index (χ3v) is 6.42. The molecule has 3 N–H and O–H groups in total. The minimum Gasteiger partial charge on any atom is -0.486 e. The Hall–Kier alpha value is -3.46. The average Bonchev–Trinajstić information content (AvgIpc) is 2.83. The minimum absolute atomic E-state index is 0.154. The van der Waals surface area contributed by atoms with E-state index in [9.17, 15) is 19.5 Å². The lowest BCUT2D eigenvalue weighted by atomic mass is 9.82. The molecule has 172 valence electrons. The van der Waals surface area contributed by atoms with Crippen molar-refractivity contribution in [3.05, 3.63) is 54.6 Å². The van der Waals surface area contributed by atoms with Gasteiger partial charge in [-0.05, 0) is 49.2 Å². The highest BCUT2D eigenvalue weighted by atomic mass is 32.2. The number of carbonyl (C=O) groups is 3. The van der Waals surface area contributed by atoms with Gasteiger partial charge in [0.15, 0.2) is 11.5 Å². The molecule has 2 aliphatic rings. The highest BCUT2D eigenvalue weighted by Crippen LogP contribution is 2.33. The van der Waals surface area contributed by atoms with Gasteiger partial charge in [-0.2, -0.15) is 0 Å². The second kappa shape index (κ2) is 10.4. The number of thioether (sulfide) groups is 1. The van der Waals surface area contributed by atoms with Gasteiger partial charge in [-0.15, -0.1) is 11.8 Å². The maximum atomic E-state index is 12.6. The molecule has 2 aromatic rings. The molecule has 2 atom stereocenters. The molecule has 0 saturated carbocycles. The molecular weight excluding hydrogens is 444 g/mol. The largest absolute Gasteiger partial charge is 0.486 e. The molecule has 0 radical (unpaired) electrons. The van der Waals surface area contributed by atoms with Gasteiger partial charge in [0.25, 0.3) is 0 Å². The number of allylic oxidation sites excluding steroid dienone is 2. The van der Waals surface area contributed by atoms with Crippen LogP contribution in [0.5, 0.6) is 11.5 Å². The Labute approximate surface area is 195 Å². The van der Waals surface area contributed by atoms with Gasteiger partial charge >= 0.3 is 5.97 Å². The summed E-state index contributed by atoms with van der Waals surface area (Å²) in [7, 11) is 0. The Balaban J connectivity index is 1.27. The fourth-order valence-corrected chi connectivity index (χ4v) is 4.41. The lowest BCUT2D eigenvalue weighted by Crippen LogP contribution is -2.34. The van der Waals surface area contributed by atoms with Crippen LogP contribution in [0.2, 0.25) is 0 Å². The number of amides is 2. The quantitative estimate of drug-likeness (QED) is 0.418. The van der Waals surface area contributed by atoms with Gasteiger partial charge in [-0.3, -0.25) is 14.4 Å². The SMILES string of the molecule is O=C(CSc1ccc(NC(=O)C2CC=CCC2C(=O)O)cc1)Nc1ccc2c(c1)OCCO2. The number of hydrogen-bond acceptors (Lipinski definition) is 6. The summed E-state index contributed by atoms with van der Waals surface area (Å²) in [6.45, 7) is 0.993. The number of ether oxygens (including phenoxy) is 2. The summed E-state index contributed by atoms with van der Waals surface area (Å²) >= 11 is 1.37. The maximum absolute atomic E-state index is 12.6. The van der Waals surface area contributed by atoms with E-state index in [1.807, 2.05) is 18.2 Å². The van der Waals surface area contributed by atoms with Crippen molar-refractivity contribution in [2.75, 3.05) is 29.6 Å². The first-order valence-electron chi connectivity index (χ1n) is 10.6. The molecule has 0 aromatic heterocycles. The number of nitrogens with one attached hydrogen (secondary N) is 2. The van der Waals surface area contributed by atoms with E-state index >= 15 is 0 Å². The predicted octanol–water partition coefficient (Wildman–Crippen LogP) is 3.79. The van der Waals surface area contributed by atoms with Crippen molar-refractivity contribution in [1.82, 2.24) is 0 Å². The number of carboxylic acid groups (broad SMARTS) is 1. The number of hydrogen-bond donors (Lipinski definition) is 3. The number of carbonyl (C=O) groups excluding carboxylic acids is 2. The van der Waals surface area contributed by atoms with E-state index < -0.39 is 17.8 Å². The summed E-state index contributed by atoms with van der Waals surface area (Å²) in [6.07, 6.45) is 4.42. The number of aliphatic carboxylic acids is 1. The molecule has 4 rings (SSSR count). The Morgan fingerprint density at radius 1 is 0.879 bits per heavy atom. The molecule has 1 heterocycles. The van der Waals surface area contributed by atoms with Gasteiger partial charge in [-0.1, -0.05) is 12.2 Å². The van der Waals surface area contributed by atoms with Crippen LogP contribution in [-0.2, 0) is 14.4 Å². The summed E-state index contributed by atoms with van der Waals surface area (Å²) in [5.74, 6) is -1.22. The van der Waals surface area contributed by atoms with Gasteiger partial charge < -0.3 is 25.2 Å². The van der Waals surface area contributed by atoms with E-state index in [1.165, 1.54) is 11.8 Å². The predicted molar refractivity (Wildman–Crippen MR) is 125 cm³/mol. The van der Waals surface area contributed by atoms with E-state index in [0.717, 1.165) is 4.90 Å². The van der Waals surface area contributed by atoms with Crippen LogP contribution in [0.25, 0.3) is 0 Å². The van der Waals surface area contributed by atoms with Crippen LogP contribution in [0, 0.1) is 11.8 Å². The van der Waals surface area contributed by atoms with E-state index in [-0.39, 0.29) is 17.6 Å². The Bertz CT molecular complexity index is 1070. The monoisotopic (exact) mass is 468 g/mol. The van der Waals surface area contributed by atoms with Crippen molar-refractivity contribution < 1.29 is 29.0 Å². The number of fused-ring (bicyclic) bond motifs is 1. The summed E-state index contributed by atoms with van der Waals surface area (Å²) in [5, 5.41) is 15.0. The molecule has 0 spiro atoms. The van der Waals surface area contributed by atoms with Gasteiger partial charge in [0, 0.05) is 22.3 Å². The van der Waals surface area contributed by atoms with Gasteiger partial charge in [0.2, 0.25) is 11.8 Å². The number of rotatable bonds is 7. The molecule has 0 fully saturated rings. The summed E-state index contributed by atoms with van der Waals surface area (Å²) < 4.78 is 11.0. The van der Waals surface area contributed by atoms with E-state index in [4.69, 9.17) is 9.47 Å². The standard InChI is InChI=1S/C24H24N2O6S/c27-22(25-16-7-10-20-21(13-16)32-12-11-31-20)14-33-17-8-5-15(6-9-17)26-23(28)18-3-1-2-4-19(18)24(29)30/h1-2,5-10,13,18-19H,3-4,11-12,14H2,(H,25,27)(H,26,28)(H,29,30). The Morgan fingerprint density at radius 3 is 2.27 bits per heavy atom. The van der Waals surface area contributed by atoms with Crippen molar-refractivity contribution >= 4 is 40.9 Å². The second-order valence-electron chi connectivity index (χ2n) is 7.70. The summed E-state index contributed by atoms with van der Waals surface area (Å²) in [5.41, 5.74) is 1.23. The highest BCUT2D eigenvalue weighted by Gasteiger charge is 2.33. The van der Waals surface area contributed by atoms with Crippen molar-refractivity contribution in [2.24, 2.45) is 11.8 Å². The van der Waals surface area contributed by atoms with Crippen LogP contribution in [0.4, 0.5) is 11.4 Å². The summed E-state index contributed by atoms with van der Waals surface area (Å²) in [6, 6.07) is 12.4. The van der Waals surface area contributed by atoms with Crippen LogP contribution >= 0.6 is 11.8 Å². The van der Waals surface area contributed by atoms with Crippen LogP contribution in [0.1, 0.15) is 12.8 Å². The molecule has 33 heavy (non-hydrogen) atoms. The normalized spacial score (nSPS) is 18.9. The van der Waals surface area contributed by atoms with E-state index in [1.54, 1.807) is 36.4 Å². The highest BCUT2D eigenvalue weighted by molar-refractivity contribution is 8.00. The first-order chi connectivity index (χ1) is 16.0. The number of benzene rings is 2. The second-order valence-corrected chi connectivity index (χ2v) is 8.75. The zero-order valence-corrected chi connectivity index (χ0v) is 18.6. The lowest BCUT2D eigenvalue weighted by Gasteiger charge is -2.24. The topological polar surface area (TPSA) is 114 Å². The fourth-order valence-electron chi connectivity index (χ4n) is 3.71. The maximum Gasteiger partial charge on any atom is 0.307 e.